The summed E-state index contributed by atoms with van der Waals surface area (Å²) in [7, 11) is 0. The van der Waals surface area contributed by atoms with E-state index in [1.807, 2.05) is 18.2 Å². The van der Waals surface area contributed by atoms with Crippen LogP contribution in [0.3, 0.4) is 0 Å². The Balaban J connectivity index is 0.00000169. The van der Waals surface area contributed by atoms with Gasteiger partial charge in [0, 0.05) is 15.5 Å². The molecule has 1 rings (SSSR count). The van der Waals surface area contributed by atoms with E-state index in [4.69, 9.17) is 17.3 Å². The highest BCUT2D eigenvalue weighted by Crippen LogP contribution is 2.27. The summed E-state index contributed by atoms with van der Waals surface area (Å²) in [5.74, 6) is 0. The molecule has 14 heavy (non-hydrogen) atoms. The topological polar surface area (TPSA) is 26.0 Å². The minimum Gasteiger partial charge on any atom is -0.324 e. The molecule has 1 aromatic carbocycles. The van der Waals surface area contributed by atoms with Crippen molar-refractivity contribution in [1.29, 1.82) is 0 Å². The Morgan fingerprint density at radius 1 is 1.57 bits per heavy atom. The normalized spacial score (nSPS) is 11.6. The van der Waals surface area contributed by atoms with Gasteiger partial charge in [0.2, 0.25) is 0 Å². The molecule has 0 saturated carbocycles. The molecule has 0 radical (unpaired) electrons. The van der Waals surface area contributed by atoms with Gasteiger partial charge in [0.05, 0.1) is 0 Å². The summed E-state index contributed by atoms with van der Waals surface area (Å²) < 4.78 is 0.992. The quantitative estimate of drug-likeness (QED) is 0.835. The van der Waals surface area contributed by atoms with Crippen molar-refractivity contribution in [1.82, 2.24) is 0 Å². The van der Waals surface area contributed by atoms with Crippen molar-refractivity contribution >= 4 is 39.9 Å². The highest BCUT2D eigenvalue weighted by atomic mass is 79.9. The molecular formula is C10H12BrCl2N. The van der Waals surface area contributed by atoms with Gasteiger partial charge in [0.15, 0.2) is 0 Å². The van der Waals surface area contributed by atoms with Crippen LogP contribution in [-0.4, -0.2) is 0 Å². The third-order valence-corrected chi connectivity index (χ3v) is 2.74. The highest BCUT2D eigenvalue weighted by Gasteiger charge is 2.08. The first-order valence-corrected chi connectivity index (χ1v) is 5.13. The predicted molar refractivity (Wildman–Crippen MR) is 68.1 cm³/mol. The van der Waals surface area contributed by atoms with Crippen LogP contribution in [0.25, 0.3) is 0 Å². The minimum atomic E-state index is -0.0365. The van der Waals surface area contributed by atoms with Crippen molar-refractivity contribution in [3.8, 4) is 0 Å². The van der Waals surface area contributed by atoms with E-state index >= 15 is 0 Å². The zero-order valence-electron chi connectivity index (χ0n) is 7.54. The fraction of sp³-hybridized carbons (Fsp3) is 0.200. The molecule has 4 heteroatoms. The Bertz CT molecular complexity index is 315. The van der Waals surface area contributed by atoms with Gasteiger partial charge < -0.3 is 5.73 Å². The van der Waals surface area contributed by atoms with Crippen LogP contribution in [0.1, 0.15) is 18.0 Å². The summed E-state index contributed by atoms with van der Waals surface area (Å²) in [5.41, 5.74) is 6.94. The van der Waals surface area contributed by atoms with Crippen molar-refractivity contribution in [2.45, 2.75) is 12.5 Å². The third kappa shape index (κ3) is 3.62. The van der Waals surface area contributed by atoms with Crippen LogP contribution in [0, 0.1) is 0 Å². The van der Waals surface area contributed by atoms with Crippen LogP contribution in [0.2, 0.25) is 5.02 Å². The lowest BCUT2D eigenvalue weighted by molar-refractivity contribution is 0.738. The minimum absolute atomic E-state index is 0. The van der Waals surface area contributed by atoms with Gasteiger partial charge in [-0.05, 0) is 30.2 Å². The third-order valence-electron chi connectivity index (χ3n) is 1.78. The Labute approximate surface area is 104 Å². The second kappa shape index (κ2) is 6.46. The first-order chi connectivity index (χ1) is 6.15. The van der Waals surface area contributed by atoms with E-state index in [9.17, 15) is 0 Å². The Morgan fingerprint density at radius 2 is 2.21 bits per heavy atom. The Hall–Kier alpha value is -0.0200. The van der Waals surface area contributed by atoms with E-state index in [2.05, 4.69) is 22.5 Å². The molecule has 1 nitrogen and oxygen atoms in total. The second-order valence-electron chi connectivity index (χ2n) is 2.80. The fourth-order valence-corrected chi connectivity index (χ4v) is 1.83. The standard InChI is InChI=1S/C10H11BrClN.ClH/c1-2-3-10(13)8-6-7(12)4-5-9(8)11;/h2,4-6,10H,1,3,13H2;1H/t10-;/m1./s1. The lowest BCUT2D eigenvalue weighted by atomic mass is 10.1. The summed E-state index contributed by atoms with van der Waals surface area (Å²) in [6.07, 6.45) is 2.55. The molecule has 0 unspecified atom stereocenters. The zero-order valence-corrected chi connectivity index (χ0v) is 10.7. The van der Waals surface area contributed by atoms with Gasteiger partial charge >= 0.3 is 0 Å². The van der Waals surface area contributed by atoms with Crippen LogP contribution in [0.15, 0.2) is 35.3 Å². The van der Waals surface area contributed by atoms with Crippen molar-refractivity contribution < 1.29 is 0 Å². The average molecular weight is 297 g/mol. The van der Waals surface area contributed by atoms with Gasteiger partial charge in [0.1, 0.15) is 0 Å². The Morgan fingerprint density at radius 3 is 2.79 bits per heavy atom. The number of hydrogen-bond acceptors (Lipinski definition) is 1. The largest absolute Gasteiger partial charge is 0.324 e. The number of benzene rings is 1. The molecule has 0 saturated heterocycles. The summed E-state index contributed by atoms with van der Waals surface area (Å²) in [5, 5.41) is 0.706. The fourth-order valence-electron chi connectivity index (χ4n) is 1.11. The number of halogens is 3. The van der Waals surface area contributed by atoms with Gasteiger partial charge in [-0.3, -0.25) is 0 Å². The maximum absolute atomic E-state index is 5.92. The van der Waals surface area contributed by atoms with E-state index < -0.39 is 0 Å². The van der Waals surface area contributed by atoms with Crippen molar-refractivity contribution in [2.75, 3.05) is 0 Å². The molecule has 0 fully saturated rings. The average Bonchev–Trinajstić information content (AvgIpc) is 2.09. The zero-order chi connectivity index (χ0) is 9.84. The van der Waals surface area contributed by atoms with Crippen LogP contribution < -0.4 is 5.73 Å². The maximum atomic E-state index is 5.92. The lowest BCUT2D eigenvalue weighted by Gasteiger charge is -2.11. The molecular weight excluding hydrogens is 285 g/mol. The summed E-state index contributed by atoms with van der Waals surface area (Å²) in [6, 6.07) is 5.57. The first kappa shape index (κ1) is 14.0. The number of nitrogens with two attached hydrogens (primary N) is 1. The van der Waals surface area contributed by atoms with Gasteiger partial charge in [-0.15, -0.1) is 19.0 Å². The predicted octanol–water partition coefficient (Wildman–Crippen LogP) is 4.10. The van der Waals surface area contributed by atoms with E-state index in [0.29, 0.717) is 5.02 Å². The molecule has 78 valence electrons. The highest BCUT2D eigenvalue weighted by molar-refractivity contribution is 9.10. The van der Waals surface area contributed by atoms with E-state index in [1.54, 1.807) is 6.08 Å². The summed E-state index contributed by atoms with van der Waals surface area (Å²) >= 11 is 9.29. The van der Waals surface area contributed by atoms with Crippen molar-refractivity contribution in [3.63, 3.8) is 0 Å². The molecule has 0 bridgehead atoms. The van der Waals surface area contributed by atoms with Crippen LogP contribution in [-0.2, 0) is 0 Å². The molecule has 0 spiro atoms. The molecule has 1 aromatic rings. The first-order valence-electron chi connectivity index (χ1n) is 3.96. The van der Waals surface area contributed by atoms with Gasteiger partial charge in [-0.1, -0.05) is 33.6 Å². The summed E-state index contributed by atoms with van der Waals surface area (Å²) in [4.78, 5) is 0. The van der Waals surface area contributed by atoms with Crippen LogP contribution in [0.5, 0.6) is 0 Å². The lowest BCUT2D eigenvalue weighted by Crippen LogP contribution is -2.09. The smallest absolute Gasteiger partial charge is 0.0410 e. The van der Waals surface area contributed by atoms with Crippen LogP contribution in [0.4, 0.5) is 0 Å². The van der Waals surface area contributed by atoms with Gasteiger partial charge in [0.25, 0.3) is 0 Å². The molecule has 0 amide bonds. The van der Waals surface area contributed by atoms with E-state index in [-0.39, 0.29) is 18.4 Å². The van der Waals surface area contributed by atoms with E-state index in [0.717, 1.165) is 16.5 Å². The number of rotatable bonds is 3. The molecule has 0 aliphatic carbocycles. The molecule has 2 N–H and O–H groups in total. The molecule has 0 heterocycles. The summed E-state index contributed by atoms with van der Waals surface area (Å²) in [6.45, 7) is 3.65. The Kier molecular flexibility index (Phi) is 6.45. The van der Waals surface area contributed by atoms with E-state index in [1.165, 1.54) is 0 Å². The van der Waals surface area contributed by atoms with Crippen LogP contribution >= 0.6 is 39.9 Å². The molecule has 1 atom stereocenters. The maximum Gasteiger partial charge on any atom is 0.0410 e. The van der Waals surface area contributed by atoms with Gasteiger partial charge in [-0.25, -0.2) is 0 Å². The monoisotopic (exact) mass is 295 g/mol. The van der Waals surface area contributed by atoms with Crippen molar-refractivity contribution in [2.24, 2.45) is 5.73 Å². The SMILES string of the molecule is C=CC[C@@H](N)c1cc(Cl)ccc1Br.Cl. The van der Waals surface area contributed by atoms with Crippen molar-refractivity contribution in [3.05, 3.63) is 45.9 Å². The second-order valence-corrected chi connectivity index (χ2v) is 4.09. The molecule has 0 aromatic heterocycles. The molecule has 0 aliphatic rings. The van der Waals surface area contributed by atoms with Gasteiger partial charge in [-0.2, -0.15) is 0 Å². The molecule has 0 aliphatic heterocycles. The number of hydrogen-bond donors (Lipinski definition) is 1.